The topological polar surface area (TPSA) is 75.7 Å². The molecule has 1 fully saturated rings. The van der Waals surface area contributed by atoms with E-state index in [4.69, 9.17) is 4.74 Å². The van der Waals surface area contributed by atoms with E-state index in [2.05, 4.69) is 5.32 Å². The van der Waals surface area contributed by atoms with Crippen LogP contribution in [0.3, 0.4) is 0 Å². The summed E-state index contributed by atoms with van der Waals surface area (Å²) in [5, 5.41) is 2.84. The summed E-state index contributed by atoms with van der Waals surface area (Å²) in [7, 11) is -4.32. The first-order valence-electron chi connectivity index (χ1n) is 11.2. The van der Waals surface area contributed by atoms with Gasteiger partial charge in [0.15, 0.2) is 0 Å². The highest BCUT2D eigenvalue weighted by Crippen LogP contribution is 2.36. The van der Waals surface area contributed by atoms with E-state index in [1.165, 1.54) is 6.07 Å². The van der Waals surface area contributed by atoms with Crippen molar-refractivity contribution >= 4 is 15.9 Å². The summed E-state index contributed by atoms with van der Waals surface area (Å²) in [6.45, 7) is 2.85. The molecule has 0 aromatic heterocycles. The monoisotopic (exact) mass is 498 g/mol. The molecule has 2 aromatic carbocycles. The van der Waals surface area contributed by atoms with Gasteiger partial charge in [0.1, 0.15) is 0 Å². The number of hydrogen-bond acceptors (Lipinski definition) is 4. The third-order valence-electron chi connectivity index (χ3n) is 5.89. The van der Waals surface area contributed by atoms with Crippen molar-refractivity contribution in [3.8, 4) is 0 Å². The molecule has 1 atom stereocenters. The van der Waals surface area contributed by atoms with E-state index in [-0.39, 0.29) is 43.9 Å². The van der Waals surface area contributed by atoms with Crippen LogP contribution >= 0.6 is 0 Å². The van der Waals surface area contributed by atoms with Crippen LogP contribution in [0.2, 0.25) is 0 Å². The number of nitrogens with one attached hydrogen (secondary N) is 1. The van der Waals surface area contributed by atoms with E-state index in [0.717, 1.165) is 28.1 Å². The fraction of sp³-hybridized carbons (Fsp3) is 0.458. The maximum atomic E-state index is 13.3. The van der Waals surface area contributed by atoms with Crippen LogP contribution in [0.15, 0.2) is 59.5 Å². The number of alkyl halides is 3. The van der Waals surface area contributed by atoms with Crippen molar-refractivity contribution in [1.29, 1.82) is 0 Å². The highest BCUT2D eigenvalue weighted by atomic mass is 32.2. The first-order chi connectivity index (χ1) is 16.1. The molecule has 6 nitrogen and oxygen atoms in total. The largest absolute Gasteiger partial charge is 0.417 e. The Balaban J connectivity index is 1.44. The summed E-state index contributed by atoms with van der Waals surface area (Å²) in [6, 6.07) is 14.0. The molecule has 0 spiro atoms. The number of benzene rings is 2. The predicted octanol–water partition coefficient (Wildman–Crippen LogP) is 4.39. The van der Waals surface area contributed by atoms with Crippen LogP contribution in [-0.2, 0) is 25.7 Å². The molecule has 1 N–H and O–H groups in total. The Labute approximate surface area is 198 Å². The number of rotatable bonds is 9. The Kier molecular flexibility index (Phi) is 8.72. The second-order valence-electron chi connectivity index (χ2n) is 8.24. The summed E-state index contributed by atoms with van der Waals surface area (Å²) in [6.07, 6.45) is -3.69. The standard InChI is InChI=1S/C24H29F3N2O4S/c1-18(19-8-3-2-4-9-19)33-17-7-14-28-23(30)20-12-15-29(16-13-20)34(31,32)22-11-6-5-10-21(22)24(25,26)27/h2-6,8-11,18,20H,7,12-17H2,1H3,(H,28,30)/t18-/m0/s1. The molecule has 3 rings (SSSR count). The number of ether oxygens (including phenoxy) is 1. The third-order valence-corrected chi connectivity index (χ3v) is 7.85. The lowest BCUT2D eigenvalue weighted by molar-refractivity contribution is -0.139. The van der Waals surface area contributed by atoms with Crippen molar-refractivity contribution in [3.63, 3.8) is 0 Å². The fourth-order valence-corrected chi connectivity index (χ4v) is 5.61. The number of piperidine rings is 1. The molecule has 10 heteroatoms. The van der Waals surface area contributed by atoms with Crippen LogP contribution in [0, 0.1) is 5.92 Å². The second-order valence-corrected chi connectivity index (χ2v) is 10.1. The van der Waals surface area contributed by atoms with E-state index < -0.39 is 26.7 Å². The van der Waals surface area contributed by atoms with Gasteiger partial charge >= 0.3 is 6.18 Å². The lowest BCUT2D eigenvalue weighted by Gasteiger charge is -2.31. The van der Waals surface area contributed by atoms with Gasteiger partial charge < -0.3 is 10.1 Å². The molecular formula is C24H29F3N2O4S. The Hall–Kier alpha value is -2.43. The molecule has 0 aliphatic carbocycles. The molecule has 1 heterocycles. The van der Waals surface area contributed by atoms with E-state index in [0.29, 0.717) is 19.6 Å². The highest BCUT2D eigenvalue weighted by molar-refractivity contribution is 7.89. The van der Waals surface area contributed by atoms with Gasteiger partial charge in [0.25, 0.3) is 0 Å². The zero-order valence-electron chi connectivity index (χ0n) is 18.9. The Bertz CT molecular complexity index is 1050. The molecule has 1 aliphatic heterocycles. The van der Waals surface area contributed by atoms with Crippen LogP contribution in [-0.4, -0.2) is 44.9 Å². The van der Waals surface area contributed by atoms with Gasteiger partial charge in [-0.05, 0) is 43.9 Å². The first-order valence-corrected chi connectivity index (χ1v) is 12.7. The average Bonchev–Trinajstić information content (AvgIpc) is 2.83. The van der Waals surface area contributed by atoms with Crippen LogP contribution in [0.25, 0.3) is 0 Å². The van der Waals surface area contributed by atoms with Crippen LogP contribution in [0.5, 0.6) is 0 Å². The summed E-state index contributed by atoms with van der Waals surface area (Å²) >= 11 is 0. The van der Waals surface area contributed by atoms with E-state index >= 15 is 0 Å². The van der Waals surface area contributed by atoms with Crippen LogP contribution in [0.4, 0.5) is 13.2 Å². The predicted molar refractivity (Wildman–Crippen MR) is 121 cm³/mol. The minimum Gasteiger partial charge on any atom is -0.374 e. The molecule has 2 aromatic rings. The third kappa shape index (κ3) is 6.58. The van der Waals surface area contributed by atoms with Gasteiger partial charge in [-0.2, -0.15) is 17.5 Å². The average molecular weight is 499 g/mol. The molecule has 1 amide bonds. The smallest absolute Gasteiger partial charge is 0.374 e. The van der Waals surface area contributed by atoms with Crippen LogP contribution < -0.4 is 5.32 Å². The number of carbonyl (C=O) groups is 1. The van der Waals surface area contributed by atoms with Gasteiger partial charge in [-0.15, -0.1) is 0 Å². The number of amides is 1. The summed E-state index contributed by atoms with van der Waals surface area (Å²) in [5.74, 6) is -0.558. The highest BCUT2D eigenvalue weighted by Gasteiger charge is 2.40. The van der Waals surface area contributed by atoms with Gasteiger partial charge in [0.05, 0.1) is 16.6 Å². The van der Waals surface area contributed by atoms with Crippen LogP contribution in [0.1, 0.15) is 43.4 Å². The lowest BCUT2D eigenvalue weighted by Crippen LogP contribution is -2.43. The van der Waals surface area contributed by atoms with Crippen molar-refractivity contribution in [2.24, 2.45) is 5.92 Å². The Morgan fingerprint density at radius 1 is 1.09 bits per heavy atom. The molecule has 34 heavy (non-hydrogen) atoms. The molecular weight excluding hydrogens is 469 g/mol. The molecule has 186 valence electrons. The number of sulfonamides is 1. The number of halogens is 3. The summed E-state index contributed by atoms with van der Waals surface area (Å²) in [4.78, 5) is 11.7. The molecule has 0 saturated carbocycles. The van der Waals surface area contributed by atoms with Crippen molar-refractivity contribution < 1.29 is 31.1 Å². The molecule has 0 unspecified atom stereocenters. The zero-order valence-corrected chi connectivity index (χ0v) is 19.7. The van der Waals surface area contributed by atoms with Crippen molar-refractivity contribution in [2.75, 3.05) is 26.2 Å². The SMILES string of the molecule is C[C@H](OCCCNC(=O)C1CCN(S(=O)(=O)c2ccccc2C(F)(F)F)CC1)c1ccccc1. The van der Waals surface area contributed by atoms with Crippen molar-refractivity contribution in [3.05, 3.63) is 65.7 Å². The van der Waals surface area contributed by atoms with Gasteiger partial charge in [-0.3, -0.25) is 4.79 Å². The molecule has 0 radical (unpaired) electrons. The molecule has 1 aliphatic rings. The fourth-order valence-electron chi connectivity index (χ4n) is 3.93. The normalized spacial score (nSPS) is 16.8. The number of nitrogens with zero attached hydrogens (tertiary/aromatic N) is 1. The van der Waals surface area contributed by atoms with E-state index in [1.807, 2.05) is 37.3 Å². The minimum atomic E-state index is -4.77. The van der Waals surface area contributed by atoms with Gasteiger partial charge in [-0.25, -0.2) is 8.42 Å². The molecule has 0 bridgehead atoms. The lowest BCUT2D eigenvalue weighted by atomic mass is 9.97. The van der Waals surface area contributed by atoms with Gasteiger partial charge in [-0.1, -0.05) is 42.5 Å². The first kappa shape index (κ1) is 26.2. The Morgan fingerprint density at radius 3 is 2.35 bits per heavy atom. The number of hydrogen-bond donors (Lipinski definition) is 1. The zero-order chi connectivity index (χ0) is 24.8. The summed E-state index contributed by atoms with van der Waals surface area (Å²) in [5.41, 5.74) is -0.107. The number of carbonyl (C=O) groups excluding carboxylic acids is 1. The quantitative estimate of drug-likeness (QED) is 0.521. The molecule has 1 saturated heterocycles. The Morgan fingerprint density at radius 2 is 1.71 bits per heavy atom. The van der Waals surface area contributed by atoms with E-state index in [9.17, 15) is 26.4 Å². The van der Waals surface area contributed by atoms with E-state index in [1.54, 1.807) is 0 Å². The van der Waals surface area contributed by atoms with Gasteiger partial charge in [0, 0.05) is 32.2 Å². The second kappa shape index (κ2) is 11.3. The summed E-state index contributed by atoms with van der Waals surface area (Å²) < 4.78 is 72.3. The van der Waals surface area contributed by atoms with Crippen molar-refractivity contribution in [1.82, 2.24) is 9.62 Å². The minimum absolute atomic E-state index is 0.00961. The van der Waals surface area contributed by atoms with Crippen molar-refractivity contribution in [2.45, 2.75) is 43.4 Å². The maximum Gasteiger partial charge on any atom is 0.417 e. The van der Waals surface area contributed by atoms with Gasteiger partial charge in [0.2, 0.25) is 15.9 Å². The maximum absolute atomic E-state index is 13.3.